The van der Waals surface area contributed by atoms with Crippen molar-refractivity contribution in [3.8, 4) is 5.75 Å². The number of rotatable bonds is 2. The third-order valence-electron chi connectivity index (χ3n) is 2.90. The van der Waals surface area contributed by atoms with Gasteiger partial charge in [-0.1, -0.05) is 44.7 Å². The minimum absolute atomic E-state index is 0.330. The van der Waals surface area contributed by atoms with Crippen molar-refractivity contribution in [2.75, 3.05) is 0 Å². The Hall–Kier alpha value is -1.76. The van der Waals surface area contributed by atoms with Gasteiger partial charge in [0, 0.05) is 0 Å². The summed E-state index contributed by atoms with van der Waals surface area (Å²) in [6, 6.07) is 9.97. The van der Waals surface area contributed by atoms with Gasteiger partial charge in [-0.25, -0.2) is 0 Å². The second kappa shape index (κ2) is 4.01. The van der Waals surface area contributed by atoms with Gasteiger partial charge in [0.2, 0.25) is 0 Å². The molecule has 0 aliphatic rings. The third-order valence-corrected chi connectivity index (χ3v) is 2.90. The Morgan fingerprint density at radius 2 is 2.00 bits per heavy atom. The third kappa shape index (κ3) is 1.69. The van der Waals surface area contributed by atoms with Crippen LogP contribution in [0.4, 0.5) is 0 Å². The summed E-state index contributed by atoms with van der Waals surface area (Å²) in [6.45, 7) is 7.95. The SMILES string of the molecule is C=Cc1cccc2cc(C(C)C)c(O)cc12. The number of aromatic hydroxyl groups is 1. The van der Waals surface area contributed by atoms with Crippen LogP contribution in [0, 0.1) is 0 Å². The van der Waals surface area contributed by atoms with Crippen molar-refractivity contribution in [2.24, 2.45) is 0 Å². The Labute approximate surface area is 96.0 Å². The van der Waals surface area contributed by atoms with Crippen LogP contribution in [0.2, 0.25) is 0 Å². The molecule has 0 radical (unpaired) electrons. The van der Waals surface area contributed by atoms with Gasteiger partial charge in [-0.15, -0.1) is 0 Å². The molecule has 0 saturated heterocycles. The van der Waals surface area contributed by atoms with Crippen molar-refractivity contribution < 1.29 is 5.11 Å². The maximum absolute atomic E-state index is 9.96. The van der Waals surface area contributed by atoms with Crippen LogP contribution < -0.4 is 0 Å². The summed E-state index contributed by atoms with van der Waals surface area (Å²) >= 11 is 0. The molecule has 1 heteroatoms. The summed E-state index contributed by atoms with van der Waals surface area (Å²) in [6.07, 6.45) is 1.82. The largest absolute Gasteiger partial charge is 0.508 e. The molecule has 0 aromatic heterocycles. The van der Waals surface area contributed by atoms with E-state index in [1.54, 1.807) is 0 Å². The molecular weight excluding hydrogens is 196 g/mol. The van der Waals surface area contributed by atoms with Crippen molar-refractivity contribution in [1.29, 1.82) is 0 Å². The van der Waals surface area contributed by atoms with Crippen LogP contribution in [-0.2, 0) is 0 Å². The quantitative estimate of drug-likeness (QED) is 0.786. The normalized spacial score (nSPS) is 10.9. The molecule has 0 heterocycles. The predicted molar refractivity (Wildman–Crippen MR) is 69.8 cm³/mol. The average molecular weight is 212 g/mol. The van der Waals surface area contributed by atoms with Crippen LogP contribution in [-0.4, -0.2) is 5.11 Å². The molecular formula is C15H16O. The summed E-state index contributed by atoms with van der Waals surface area (Å²) in [5.41, 5.74) is 2.05. The van der Waals surface area contributed by atoms with Crippen LogP contribution in [0.25, 0.3) is 16.8 Å². The van der Waals surface area contributed by atoms with E-state index in [9.17, 15) is 5.11 Å². The second-order valence-corrected chi connectivity index (χ2v) is 4.34. The van der Waals surface area contributed by atoms with Crippen LogP contribution in [0.15, 0.2) is 36.9 Å². The highest BCUT2D eigenvalue weighted by Gasteiger charge is 2.08. The van der Waals surface area contributed by atoms with Crippen LogP contribution in [0.5, 0.6) is 5.75 Å². The molecule has 0 spiro atoms. The molecule has 0 amide bonds. The van der Waals surface area contributed by atoms with Crippen molar-refractivity contribution in [3.63, 3.8) is 0 Å². The van der Waals surface area contributed by atoms with E-state index in [0.717, 1.165) is 21.9 Å². The Bertz CT molecular complexity index is 538. The maximum Gasteiger partial charge on any atom is 0.119 e. The summed E-state index contributed by atoms with van der Waals surface area (Å²) in [5, 5.41) is 12.2. The van der Waals surface area contributed by atoms with Crippen LogP contribution >= 0.6 is 0 Å². The van der Waals surface area contributed by atoms with Gasteiger partial charge in [-0.05, 0) is 39.9 Å². The van der Waals surface area contributed by atoms with Crippen LogP contribution in [0.3, 0.4) is 0 Å². The number of hydrogen-bond acceptors (Lipinski definition) is 1. The van der Waals surface area contributed by atoms with Gasteiger partial charge >= 0.3 is 0 Å². The van der Waals surface area contributed by atoms with Crippen molar-refractivity contribution in [3.05, 3.63) is 48.0 Å². The van der Waals surface area contributed by atoms with E-state index in [0.29, 0.717) is 11.7 Å². The summed E-state index contributed by atoms with van der Waals surface area (Å²) < 4.78 is 0. The Morgan fingerprint density at radius 1 is 1.25 bits per heavy atom. The number of benzene rings is 2. The molecule has 1 N–H and O–H groups in total. The van der Waals surface area contributed by atoms with Gasteiger partial charge < -0.3 is 5.11 Å². The first-order valence-corrected chi connectivity index (χ1v) is 5.51. The molecule has 0 atom stereocenters. The highest BCUT2D eigenvalue weighted by Crippen LogP contribution is 2.32. The molecule has 0 aliphatic heterocycles. The van der Waals surface area contributed by atoms with Gasteiger partial charge in [0.15, 0.2) is 0 Å². The predicted octanol–water partition coefficient (Wildman–Crippen LogP) is 4.31. The first kappa shape index (κ1) is 10.7. The average Bonchev–Trinajstić information content (AvgIpc) is 2.27. The van der Waals surface area contributed by atoms with E-state index < -0.39 is 0 Å². The molecule has 2 aromatic carbocycles. The Morgan fingerprint density at radius 3 is 2.62 bits per heavy atom. The van der Waals surface area contributed by atoms with Crippen LogP contribution in [0.1, 0.15) is 30.9 Å². The summed E-state index contributed by atoms with van der Waals surface area (Å²) in [4.78, 5) is 0. The molecule has 0 fully saturated rings. The molecule has 0 aliphatic carbocycles. The number of fused-ring (bicyclic) bond motifs is 1. The number of phenols is 1. The topological polar surface area (TPSA) is 20.2 Å². The zero-order valence-electron chi connectivity index (χ0n) is 9.70. The summed E-state index contributed by atoms with van der Waals surface area (Å²) in [7, 11) is 0. The van der Waals surface area contributed by atoms with Crippen molar-refractivity contribution >= 4 is 16.8 Å². The minimum Gasteiger partial charge on any atom is -0.508 e. The molecule has 0 bridgehead atoms. The van der Waals surface area contributed by atoms with E-state index in [1.807, 2.05) is 24.3 Å². The van der Waals surface area contributed by atoms with E-state index in [4.69, 9.17) is 0 Å². The van der Waals surface area contributed by atoms with E-state index in [-0.39, 0.29) is 0 Å². The molecule has 1 nitrogen and oxygen atoms in total. The first-order valence-electron chi connectivity index (χ1n) is 5.51. The van der Waals surface area contributed by atoms with Crippen molar-refractivity contribution in [1.82, 2.24) is 0 Å². The maximum atomic E-state index is 9.96. The fraction of sp³-hybridized carbons (Fsp3) is 0.200. The number of phenolic OH excluding ortho intramolecular Hbond substituents is 1. The fourth-order valence-electron chi connectivity index (χ4n) is 2.00. The smallest absolute Gasteiger partial charge is 0.119 e. The van der Waals surface area contributed by atoms with E-state index >= 15 is 0 Å². The van der Waals surface area contributed by atoms with Gasteiger partial charge in [-0.3, -0.25) is 0 Å². The zero-order valence-corrected chi connectivity index (χ0v) is 9.70. The fourth-order valence-corrected chi connectivity index (χ4v) is 2.00. The Balaban J connectivity index is 2.78. The molecule has 16 heavy (non-hydrogen) atoms. The molecule has 0 unspecified atom stereocenters. The zero-order chi connectivity index (χ0) is 11.7. The lowest BCUT2D eigenvalue weighted by molar-refractivity contribution is 0.466. The molecule has 2 aromatic rings. The Kier molecular flexibility index (Phi) is 2.69. The van der Waals surface area contributed by atoms with E-state index in [2.05, 4.69) is 32.6 Å². The highest BCUT2D eigenvalue weighted by molar-refractivity contribution is 5.92. The standard InChI is InChI=1S/C15H16O/c1-4-11-6-5-7-12-8-13(10(2)3)15(16)9-14(11)12/h4-10,16H,1H2,2-3H3. The van der Waals surface area contributed by atoms with Gasteiger partial charge in [-0.2, -0.15) is 0 Å². The number of hydrogen-bond donors (Lipinski definition) is 1. The van der Waals surface area contributed by atoms with E-state index in [1.165, 1.54) is 0 Å². The second-order valence-electron chi connectivity index (χ2n) is 4.34. The monoisotopic (exact) mass is 212 g/mol. The minimum atomic E-state index is 0.330. The van der Waals surface area contributed by atoms with Gasteiger partial charge in [0.05, 0.1) is 0 Å². The van der Waals surface area contributed by atoms with Gasteiger partial charge in [0.1, 0.15) is 5.75 Å². The van der Waals surface area contributed by atoms with Crippen molar-refractivity contribution in [2.45, 2.75) is 19.8 Å². The lowest BCUT2D eigenvalue weighted by Crippen LogP contribution is -1.89. The molecule has 82 valence electrons. The lowest BCUT2D eigenvalue weighted by Gasteiger charge is -2.11. The highest BCUT2D eigenvalue weighted by atomic mass is 16.3. The summed E-state index contributed by atoms with van der Waals surface area (Å²) in [5.74, 6) is 0.702. The molecule has 0 saturated carbocycles. The van der Waals surface area contributed by atoms with Gasteiger partial charge in [0.25, 0.3) is 0 Å². The first-order chi connectivity index (χ1) is 7.63. The lowest BCUT2D eigenvalue weighted by atomic mass is 9.96. The molecule has 2 rings (SSSR count).